The summed E-state index contributed by atoms with van der Waals surface area (Å²) in [6.07, 6.45) is 3.28. The number of aryl methyl sites for hydroxylation is 1. The van der Waals surface area contributed by atoms with Crippen LogP contribution in [0.15, 0.2) is 18.2 Å². The second-order valence-corrected chi connectivity index (χ2v) is 5.49. The molecule has 1 aliphatic rings. The first-order valence-corrected chi connectivity index (χ1v) is 7.13. The lowest BCUT2D eigenvalue weighted by Crippen LogP contribution is -2.24. The molecule has 2 unspecified atom stereocenters. The van der Waals surface area contributed by atoms with Gasteiger partial charge in [0.15, 0.2) is 0 Å². The number of rotatable bonds is 2. The molecule has 1 fully saturated rings. The van der Waals surface area contributed by atoms with E-state index in [1.807, 2.05) is 25.1 Å². The number of nitrogens with one attached hydrogen (secondary N) is 1. The summed E-state index contributed by atoms with van der Waals surface area (Å²) in [5, 5.41) is 11.7. The summed E-state index contributed by atoms with van der Waals surface area (Å²) in [6, 6.07) is 5.67. The van der Waals surface area contributed by atoms with Crippen molar-refractivity contribution in [3.63, 3.8) is 0 Å². The second-order valence-electron chi connectivity index (χ2n) is 5.49. The van der Waals surface area contributed by atoms with Gasteiger partial charge in [-0.05, 0) is 49.4 Å². The molecule has 0 bridgehead atoms. The van der Waals surface area contributed by atoms with Gasteiger partial charge in [0.05, 0.1) is 0 Å². The second kappa shape index (κ2) is 6.58. The largest absolute Gasteiger partial charge is 0.384 e. The number of anilines is 1. The Morgan fingerprint density at radius 3 is 2.85 bits per heavy atom. The van der Waals surface area contributed by atoms with Crippen LogP contribution in [0, 0.1) is 30.6 Å². The molecule has 0 aliphatic heterocycles. The number of amides is 1. The van der Waals surface area contributed by atoms with Crippen LogP contribution in [0.1, 0.15) is 37.3 Å². The predicted octanol–water partition coefficient (Wildman–Crippen LogP) is 2.71. The van der Waals surface area contributed by atoms with Crippen molar-refractivity contribution in [1.29, 1.82) is 0 Å². The lowest BCUT2D eigenvalue weighted by Gasteiger charge is -2.16. The third kappa shape index (κ3) is 3.40. The highest BCUT2D eigenvalue weighted by molar-refractivity contribution is 5.93. The minimum atomic E-state index is -0.142. The van der Waals surface area contributed by atoms with E-state index in [9.17, 15) is 4.79 Å². The van der Waals surface area contributed by atoms with Crippen LogP contribution < -0.4 is 5.32 Å². The summed E-state index contributed by atoms with van der Waals surface area (Å²) in [6.45, 7) is 3.96. The van der Waals surface area contributed by atoms with Crippen molar-refractivity contribution in [1.82, 2.24) is 0 Å². The van der Waals surface area contributed by atoms with Crippen molar-refractivity contribution in [3.05, 3.63) is 29.3 Å². The maximum absolute atomic E-state index is 12.3. The molecule has 1 aromatic carbocycles. The van der Waals surface area contributed by atoms with Gasteiger partial charge in [0.25, 0.3) is 0 Å². The molecule has 3 nitrogen and oxygen atoms in total. The topological polar surface area (TPSA) is 49.3 Å². The van der Waals surface area contributed by atoms with Crippen LogP contribution in [0.25, 0.3) is 0 Å². The van der Waals surface area contributed by atoms with Crippen molar-refractivity contribution in [2.24, 2.45) is 11.8 Å². The number of aliphatic hydroxyl groups is 1. The molecule has 106 valence electrons. The SMILES string of the molecule is Cc1cc(C#CCO)ccc1NC(=O)C1CCCC1C. The molecule has 0 heterocycles. The Labute approximate surface area is 120 Å². The average Bonchev–Trinajstić information content (AvgIpc) is 2.85. The molecule has 1 aliphatic carbocycles. The number of benzene rings is 1. The van der Waals surface area contributed by atoms with Crippen molar-refractivity contribution in [3.8, 4) is 11.8 Å². The summed E-state index contributed by atoms with van der Waals surface area (Å²) in [5.74, 6) is 6.24. The third-order valence-electron chi connectivity index (χ3n) is 3.99. The molecular weight excluding hydrogens is 250 g/mol. The van der Waals surface area contributed by atoms with E-state index in [0.29, 0.717) is 5.92 Å². The van der Waals surface area contributed by atoms with Crippen molar-refractivity contribution < 1.29 is 9.90 Å². The Kier molecular flexibility index (Phi) is 4.81. The highest BCUT2D eigenvalue weighted by Gasteiger charge is 2.29. The van der Waals surface area contributed by atoms with E-state index in [-0.39, 0.29) is 18.4 Å². The number of hydrogen-bond acceptors (Lipinski definition) is 2. The molecule has 3 heteroatoms. The first-order chi connectivity index (χ1) is 9.61. The van der Waals surface area contributed by atoms with Gasteiger partial charge in [-0.2, -0.15) is 0 Å². The summed E-state index contributed by atoms with van der Waals surface area (Å²) in [5.41, 5.74) is 2.70. The summed E-state index contributed by atoms with van der Waals surface area (Å²) in [4.78, 5) is 12.3. The number of carbonyl (C=O) groups is 1. The Bertz CT molecular complexity index is 554. The summed E-state index contributed by atoms with van der Waals surface area (Å²) in [7, 11) is 0. The van der Waals surface area contributed by atoms with Gasteiger partial charge in [-0.1, -0.05) is 25.2 Å². The third-order valence-corrected chi connectivity index (χ3v) is 3.99. The fourth-order valence-electron chi connectivity index (χ4n) is 2.78. The Hall–Kier alpha value is -1.79. The normalized spacial score (nSPS) is 21.1. The minimum Gasteiger partial charge on any atom is -0.384 e. The quantitative estimate of drug-likeness (QED) is 0.813. The molecule has 0 saturated heterocycles. The van der Waals surface area contributed by atoms with Crippen molar-refractivity contribution in [2.75, 3.05) is 11.9 Å². The fraction of sp³-hybridized carbons (Fsp3) is 0.471. The van der Waals surface area contributed by atoms with Crippen LogP contribution in [0.4, 0.5) is 5.69 Å². The molecule has 0 spiro atoms. The molecule has 0 radical (unpaired) electrons. The highest BCUT2D eigenvalue weighted by atomic mass is 16.2. The van der Waals surface area contributed by atoms with E-state index in [2.05, 4.69) is 24.1 Å². The molecule has 20 heavy (non-hydrogen) atoms. The van der Waals surface area contributed by atoms with E-state index >= 15 is 0 Å². The van der Waals surface area contributed by atoms with E-state index in [0.717, 1.165) is 36.1 Å². The lowest BCUT2D eigenvalue weighted by molar-refractivity contribution is -0.120. The van der Waals surface area contributed by atoms with Crippen LogP contribution in [-0.4, -0.2) is 17.6 Å². The Morgan fingerprint density at radius 2 is 2.25 bits per heavy atom. The number of carbonyl (C=O) groups excluding carboxylic acids is 1. The van der Waals surface area contributed by atoms with Gasteiger partial charge in [-0.15, -0.1) is 0 Å². The molecular formula is C17H21NO2. The van der Waals surface area contributed by atoms with E-state index in [4.69, 9.17) is 5.11 Å². The fourth-order valence-corrected chi connectivity index (χ4v) is 2.78. The highest BCUT2D eigenvalue weighted by Crippen LogP contribution is 2.32. The molecule has 1 saturated carbocycles. The molecule has 2 N–H and O–H groups in total. The van der Waals surface area contributed by atoms with Crippen LogP contribution >= 0.6 is 0 Å². The summed E-state index contributed by atoms with van der Waals surface area (Å²) < 4.78 is 0. The van der Waals surface area contributed by atoms with E-state index < -0.39 is 0 Å². The van der Waals surface area contributed by atoms with E-state index in [1.165, 1.54) is 0 Å². The van der Waals surface area contributed by atoms with Gasteiger partial charge in [0, 0.05) is 17.2 Å². The molecule has 1 amide bonds. The summed E-state index contributed by atoms with van der Waals surface area (Å²) >= 11 is 0. The van der Waals surface area contributed by atoms with Crippen LogP contribution in [0.5, 0.6) is 0 Å². The van der Waals surface area contributed by atoms with Gasteiger partial charge in [-0.3, -0.25) is 4.79 Å². The van der Waals surface area contributed by atoms with Crippen LogP contribution in [0.2, 0.25) is 0 Å². The molecule has 2 rings (SSSR count). The molecule has 0 aromatic heterocycles. The van der Waals surface area contributed by atoms with Gasteiger partial charge in [0.2, 0.25) is 5.91 Å². The zero-order valence-corrected chi connectivity index (χ0v) is 12.1. The maximum Gasteiger partial charge on any atom is 0.227 e. The lowest BCUT2D eigenvalue weighted by atomic mass is 9.97. The molecule has 1 aromatic rings. The zero-order chi connectivity index (χ0) is 14.5. The number of aliphatic hydroxyl groups excluding tert-OH is 1. The van der Waals surface area contributed by atoms with Crippen molar-refractivity contribution >= 4 is 11.6 Å². The standard InChI is InChI=1S/C17H21NO2/c1-12-5-3-7-15(12)17(20)18-16-9-8-14(6-4-10-19)11-13(16)2/h8-9,11-12,15,19H,3,5,7,10H2,1-2H3,(H,18,20). The number of hydrogen-bond donors (Lipinski definition) is 2. The van der Waals surface area contributed by atoms with Gasteiger partial charge in [0.1, 0.15) is 6.61 Å². The molecule has 2 atom stereocenters. The monoisotopic (exact) mass is 271 g/mol. The first-order valence-electron chi connectivity index (χ1n) is 7.13. The van der Waals surface area contributed by atoms with Gasteiger partial charge >= 0.3 is 0 Å². The minimum absolute atomic E-state index is 0.132. The Balaban J connectivity index is 2.08. The van der Waals surface area contributed by atoms with Crippen molar-refractivity contribution in [2.45, 2.75) is 33.1 Å². The van der Waals surface area contributed by atoms with Crippen LogP contribution in [-0.2, 0) is 4.79 Å². The maximum atomic E-state index is 12.3. The Morgan fingerprint density at radius 1 is 1.45 bits per heavy atom. The smallest absolute Gasteiger partial charge is 0.227 e. The van der Waals surface area contributed by atoms with E-state index in [1.54, 1.807) is 0 Å². The average molecular weight is 271 g/mol. The predicted molar refractivity (Wildman–Crippen MR) is 80.3 cm³/mol. The van der Waals surface area contributed by atoms with Crippen LogP contribution in [0.3, 0.4) is 0 Å². The first kappa shape index (κ1) is 14.6. The van der Waals surface area contributed by atoms with Gasteiger partial charge in [-0.25, -0.2) is 0 Å². The zero-order valence-electron chi connectivity index (χ0n) is 12.1. The van der Waals surface area contributed by atoms with Gasteiger partial charge < -0.3 is 10.4 Å².